The van der Waals surface area contributed by atoms with Gasteiger partial charge in [0.15, 0.2) is 5.78 Å². The van der Waals surface area contributed by atoms with Crippen molar-refractivity contribution in [1.82, 2.24) is 0 Å². The average molecular weight is 280 g/mol. The summed E-state index contributed by atoms with van der Waals surface area (Å²) in [7, 11) is 0. The summed E-state index contributed by atoms with van der Waals surface area (Å²) < 4.78 is 0. The van der Waals surface area contributed by atoms with Crippen LogP contribution in [-0.4, -0.2) is 27.9 Å². The van der Waals surface area contributed by atoms with Crippen molar-refractivity contribution in [3.05, 3.63) is 11.6 Å². The Morgan fingerprint density at radius 3 is 2.35 bits per heavy atom. The van der Waals surface area contributed by atoms with Crippen molar-refractivity contribution >= 4 is 17.7 Å². The first-order valence-corrected chi connectivity index (χ1v) is 6.82. The molecule has 5 nitrogen and oxygen atoms in total. The number of allylic oxidation sites excluding steroid dienone is 1. The highest BCUT2D eigenvalue weighted by Crippen LogP contribution is 2.65. The Kier molecular flexibility index (Phi) is 3.27. The van der Waals surface area contributed by atoms with E-state index in [2.05, 4.69) is 0 Å². The van der Waals surface area contributed by atoms with Crippen LogP contribution in [0.5, 0.6) is 0 Å². The summed E-state index contributed by atoms with van der Waals surface area (Å²) >= 11 is 0. The SMILES string of the molecule is CC1(C)[C@H]2CC[C@]1(C)C(=O)/C2=C\[C@@H](CC(=O)O)C(=O)O. The molecule has 2 fully saturated rings. The van der Waals surface area contributed by atoms with Gasteiger partial charge in [0.1, 0.15) is 0 Å². The summed E-state index contributed by atoms with van der Waals surface area (Å²) in [5.41, 5.74) is -0.116. The van der Waals surface area contributed by atoms with Gasteiger partial charge in [-0.3, -0.25) is 14.4 Å². The van der Waals surface area contributed by atoms with Gasteiger partial charge in [-0.2, -0.15) is 0 Å². The van der Waals surface area contributed by atoms with Crippen molar-refractivity contribution in [2.45, 2.75) is 40.0 Å². The van der Waals surface area contributed by atoms with Crippen LogP contribution in [0.15, 0.2) is 11.6 Å². The molecule has 2 aliphatic rings. The Balaban J connectivity index is 2.38. The first kappa shape index (κ1) is 14.8. The highest BCUT2D eigenvalue weighted by Gasteiger charge is 2.63. The van der Waals surface area contributed by atoms with Gasteiger partial charge in [-0.15, -0.1) is 0 Å². The van der Waals surface area contributed by atoms with Gasteiger partial charge in [-0.25, -0.2) is 0 Å². The Hall–Kier alpha value is -1.65. The second kappa shape index (κ2) is 4.43. The normalized spacial score (nSPS) is 34.5. The Morgan fingerprint density at radius 2 is 1.95 bits per heavy atom. The van der Waals surface area contributed by atoms with Crippen molar-refractivity contribution in [1.29, 1.82) is 0 Å². The van der Waals surface area contributed by atoms with E-state index in [-0.39, 0.29) is 17.1 Å². The van der Waals surface area contributed by atoms with Gasteiger partial charge in [0.25, 0.3) is 0 Å². The molecule has 0 saturated heterocycles. The Morgan fingerprint density at radius 1 is 1.35 bits per heavy atom. The van der Waals surface area contributed by atoms with Gasteiger partial charge >= 0.3 is 11.9 Å². The quantitative estimate of drug-likeness (QED) is 0.769. The molecule has 2 bridgehead atoms. The lowest BCUT2D eigenvalue weighted by molar-refractivity contribution is -0.146. The van der Waals surface area contributed by atoms with Gasteiger partial charge < -0.3 is 10.2 Å². The van der Waals surface area contributed by atoms with Gasteiger partial charge in [0.05, 0.1) is 12.3 Å². The van der Waals surface area contributed by atoms with E-state index >= 15 is 0 Å². The maximum Gasteiger partial charge on any atom is 0.310 e. The van der Waals surface area contributed by atoms with Crippen LogP contribution < -0.4 is 0 Å². The van der Waals surface area contributed by atoms with Crippen LogP contribution >= 0.6 is 0 Å². The van der Waals surface area contributed by atoms with E-state index < -0.39 is 29.7 Å². The number of carbonyl (C=O) groups excluding carboxylic acids is 1. The monoisotopic (exact) mass is 280 g/mol. The van der Waals surface area contributed by atoms with Crippen LogP contribution in [0.25, 0.3) is 0 Å². The minimum absolute atomic E-state index is 0.00427. The van der Waals surface area contributed by atoms with E-state index in [1.165, 1.54) is 6.08 Å². The fourth-order valence-corrected chi connectivity index (χ4v) is 3.74. The summed E-state index contributed by atoms with van der Waals surface area (Å²) in [4.78, 5) is 34.4. The zero-order valence-corrected chi connectivity index (χ0v) is 12.0. The molecule has 0 aliphatic heterocycles. The van der Waals surface area contributed by atoms with E-state index in [0.717, 1.165) is 12.8 Å². The lowest BCUT2D eigenvalue weighted by Crippen LogP contribution is -2.32. The van der Waals surface area contributed by atoms with Crippen LogP contribution in [0.3, 0.4) is 0 Å². The minimum atomic E-state index is -1.20. The molecular weight excluding hydrogens is 260 g/mol. The summed E-state index contributed by atoms with van der Waals surface area (Å²) in [6.45, 7) is 6.01. The third kappa shape index (κ3) is 1.87. The van der Waals surface area contributed by atoms with Crippen LogP contribution in [0.1, 0.15) is 40.0 Å². The number of Topliss-reactive ketones (excluding diaryl/α,β-unsaturated/α-hetero) is 1. The molecule has 0 spiro atoms. The third-order valence-corrected chi connectivity index (χ3v) is 5.46. The predicted molar refractivity (Wildman–Crippen MR) is 71.1 cm³/mol. The maximum absolute atomic E-state index is 12.5. The van der Waals surface area contributed by atoms with Crippen molar-refractivity contribution in [3.63, 3.8) is 0 Å². The third-order valence-electron chi connectivity index (χ3n) is 5.46. The molecule has 0 radical (unpaired) electrons. The molecule has 110 valence electrons. The number of carbonyl (C=O) groups is 3. The number of aliphatic carboxylic acids is 2. The molecule has 20 heavy (non-hydrogen) atoms. The maximum atomic E-state index is 12.5. The van der Waals surface area contributed by atoms with Crippen LogP contribution in [0, 0.1) is 22.7 Å². The van der Waals surface area contributed by atoms with Crippen molar-refractivity contribution in [2.24, 2.45) is 22.7 Å². The number of hydrogen-bond acceptors (Lipinski definition) is 3. The standard InChI is InChI=1S/C15H20O5/c1-14(2)10-4-5-15(14,3)12(18)9(10)6-8(13(19)20)7-11(16)17/h6,8,10H,4-5,7H2,1-3H3,(H,16,17)(H,19,20)/b9-6-/t8-,10-,15+/m0/s1. The van der Waals surface area contributed by atoms with E-state index in [4.69, 9.17) is 10.2 Å². The molecule has 2 rings (SSSR count). The van der Waals surface area contributed by atoms with Crippen LogP contribution in [-0.2, 0) is 14.4 Å². The zero-order chi connectivity index (χ0) is 15.3. The number of rotatable bonds is 4. The van der Waals surface area contributed by atoms with Crippen molar-refractivity contribution < 1.29 is 24.6 Å². The number of hydrogen-bond donors (Lipinski definition) is 2. The molecule has 2 aliphatic carbocycles. The minimum Gasteiger partial charge on any atom is -0.481 e. The summed E-state index contributed by atoms with van der Waals surface area (Å²) in [5.74, 6) is -3.47. The smallest absolute Gasteiger partial charge is 0.310 e. The van der Waals surface area contributed by atoms with E-state index in [1.54, 1.807) is 0 Å². The number of carboxylic acid groups (broad SMARTS) is 2. The average Bonchev–Trinajstić information content (AvgIpc) is 2.62. The highest BCUT2D eigenvalue weighted by atomic mass is 16.4. The zero-order valence-electron chi connectivity index (χ0n) is 12.0. The number of fused-ring (bicyclic) bond motifs is 2. The van der Waals surface area contributed by atoms with Gasteiger partial charge in [-0.05, 0) is 29.7 Å². The topological polar surface area (TPSA) is 91.7 Å². The largest absolute Gasteiger partial charge is 0.481 e. The Labute approximate surface area is 117 Å². The molecule has 2 N–H and O–H groups in total. The lowest BCUT2D eigenvalue weighted by Gasteiger charge is -2.31. The fourth-order valence-electron chi connectivity index (χ4n) is 3.74. The molecule has 0 aromatic carbocycles. The summed E-state index contributed by atoms with van der Waals surface area (Å²) in [6.07, 6.45) is 2.57. The first-order chi connectivity index (χ1) is 9.11. The van der Waals surface area contributed by atoms with Gasteiger partial charge in [0.2, 0.25) is 0 Å². The molecule has 2 saturated carbocycles. The second-order valence-electron chi connectivity index (χ2n) is 6.64. The highest BCUT2D eigenvalue weighted by molar-refractivity contribution is 6.05. The molecule has 3 atom stereocenters. The molecule has 0 aromatic rings. The van der Waals surface area contributed by atoms with E-state index in [1.807, 2.05) is 20.8 Å². The Bertz CT molecular complexity index is 516. The van der Waals surface area contributed by atoms with Crippen LogP contribution in [0.2, 0.25) is 0 Å². The second-order valence-corrected chi connectivity index (χ2v) is 6.64. The summed E-state index contributed by atoms with van der Waals surface area (Å²) in [6, 6.07) is 0. The van der Waals surface area contributed by atoms with Crippen LogP contribution in [0.4, 0.5) is 0 Å². The molecule has 5 heteroatoms. The van der Waals surface area contributed by atoms with Gasteiger partial charge in [0, 0.05) is 5.41 Å². The van der Waals surface area contributed by atoms with Gasteiger partial charge in [-0.1, -0.05) is 26.8 Å². The summed E-state index contributed by atoms with van der Waals surface area (Å²) in [5, 5.41) is 17.9. The van der Waals surface area contributed by atoms with Crippen molar-refractivity contribution in [3.8, 4) is 0 Å². The number of ketones is 1. The van der Waals surface area contributed by atoms with E-state index in [0.29, 0.717) is 5.57 Å². The molecular formula is C15H20O5. The lowest BCUT2D eigenvalue weighted by atomic mass is 9.70. The van der Waals surface area contributed by atoms with E-state index in [9.17, 15) is 14.4 Å². The first-order valence-electron chi connectivity index (χ1n) is 6.82. The fraction of sp³-hybridized carbons (Fsp3) is 0.667. The van der Waals surface area contributed by atoms with Crippen molar-refractivity contribution in [2.75, 3.05) is 0 Å². The number of carboxylic acids is 2. The molecule has 0 aromatic heterocycles. The molecule has 0 unspecified atom stereocenters. The predicted octanol–water partition coefficient (Wildman–Crippen LogP) is 2.11. The molecule has 0 amide bonds. The molecule has 0 heterocycles.